The molecule has 2 aromatic rings. The Bertz CT molecular complexity index is 647. The summed E-state index contributed by atoms with van der Waals surface area (Å²) in [5, 5.41) is 5.70. The van der Waals surface area contributed by atoms with Crippen molar-refractivity contribution in [3.63, 3.8) is 0 Å². The number of anilines is 1. The summed E-state index contributed by atoms with van der Waals surface area (Å²) in [5.41, 5.74) is -0.424. The minimum atomic E-state index is -4.02. The Morgan fingerprint density at radius 3 is 2.28 bits per heavy atom. The normalized spacial score (nSPS) is 11.5. The Labute approximate surface area is 99.7 Å². The van der Waals surface area contributed by atoms with Crippen LogP contribution in [-0.4, -0.2) is 18.6 Å². The molecule has 0 unspecified atom stereocenters. The van der Waals surface area contributed by atoms with Crippen LogP contribution in [-0.2, 0) is 10.0 Å². The standard InChI is InChI=1S/C9H6F3N3O2S/c10-7-1-5(2-8(11)9(7)12)15-18(16,17)6-3-13-14-4-6/h1-4,15H,(H,13,14). The maximum absolute atomic E-state index is 12.9. The van der Waals surface area contributed by atoms with E-state index in [1.165, 1.54) is 0 Å². The molecule has 1 aromatic carbocycles. The molecule has 0 atom stereocenters. The van der Waals surface area contributed by atoms with Gasteiger partial charge < -0.3 is 0 Å². The van der Waals surface area contributed by atoms with E-state index in [4.69, 9.17) is 0 Å². The van der Waals surface area contributed by atoms with Gasteiger partial charge in [0.05, 0.1) is 11.9 Å². The van der Waals surface area contributed by atoms with Crippen LogP contribution in [0.15, 0.2) is 29.4 Å². The smallest absolute Gasteiger partial charge is 0.265 e. The van der Waals surface area contributed by atoms with Gasteiger partial charge in [-0.05, 0) is 0 Å². The third-order valence-electron chi connectivity index (χ3n) is 2.02. The lowest BCUT2D eigenvalue weighted by atomic mass is 10.3. The second-order valence-corrected chi connectivity index (χ2v) is 4.98. The molecule has 5 nitrogen and oxygen atoms in total. The minimum absolute atomic E-state index is 0.215. The summed E-state index contributed by atoms with van der Waals surface area (Å²) >= 11 is 0. The Balaban J connectivity index is 2.36. The van der Waals surface area contributed by atoms with Crippen molar-refractivity contribution in [3.8, 4) is 0 Å². The largest absolute Gasteiger partial charge is 0.284 e. The number of sulfonamides is 1. The van der Waals surface area contributed by atoms with E-state index in [0.717, 1.165) is 12.4 Å². The van der Waals surface area contributed by atoms with Gasteiger partial charge in [0, 0.05) is 18.3 Å². The van der Waals surface area contributed by atoms with Crippen LogP contribution in [0.4, 0.5) is 18.9 Å². The van der Waals surface area contributed by atoms with Crippen LogP contribution >= 0.6 is 0 Å². The molecule has 96 valence electrons. The third-order valence-corrected chi connectivity index (χ3v) is 3.37. The number of hydrogen-bond acceptors (Lipinski definition) is 3. The van der Waals surface area contributed by atoms with Gasteiger partial charge in [0.2, 0.25) is 0 Å². The van der Waals surface area contributed by atoms with Crippen LogP contribution in [0.2, 0.25) is 0 Å². The highest BCUT2D eigenvalue weighted by molar-refractivity contribution is 7.92. The van der Waals surface area contributed by atoms with Crippen molar-refractivity contribution < 1.29 is 21.6 Å². The predicted molar refractivity (Wildman–Crippen MR) is 55.7 cm³/mol. The molecule has 0 amide bonds. The fraction of sp³-hybridized carbons (Fsp3) is 0. The van der Waals surface area contributed by atoms with E-state index in [1.807, 2.05) is 4.72 Å². The molecule has 0 saturated carbocycles. The highest BCUT2D eigenvalue weighted by Crippen LogP contribution is 2.20. The zero-order valence-electron chi connectivity index (χ0n) is 8.62. The van der Waals surface area contributed by atoms with E-state index in [1.54, 1.807) is 0 Å². The minimum Gasteiger partial charge on any atom is -0.284 e. The molecule has 18 heavy (non-hydrogen) atoms. The molecule has 0 fully saturated rings. The zero-order chi connectivity index (χ0) is 13.3. The summed E-state index contributed by atoms with van der Waals surface area (Å²) in [6.45, 7) is 0. The molecule has 9 heteroatoms. The molecule has 0 spiro atoms. The van der Waals surface area contributed by atoms with Crippen LogP contribution < -0.4 is 4.72 Å². The van der Waals surface area contributed by atoms with E-state index >= 15 is 0 Å². The third kappa shape index (κ3) is 2.30. The van der Waals surface area contributed by atoms with Gasteiger partial charge in [0.1, 0.15) is 4.90 Å². The molecular formula is C9H6F3N3O2S. The predicted octanol–water partition coefficient (Wildman–Crippen LogP) is 1.63. The van der Waals surface area contributed by atoms with Gasteiger partial charge in [-0.3, -0.25) is 9.82 Å². The van der Waals surface area contributed by atoms with E-state index < -0.39 is 33.2 Å². The second-order valence-electron chi connectivity index (χ2n) is 3.29. The van der Waals surface area contributed by atoms with Crippen LogP contribution in [0.5, 0.6) is 0 Å². The van der Waals surface area contributed by atoms with Crippen LogP contribution in [0.3, 0.4) is 0 Å². The molecule has 0 saturated heterocycles. The molecule has 2 N–H and O–H groups in total. The lowest BCUT2D eigenvalue weighted by molar-refractivity contribution is 0.448. The molecule has 2 rings (SSSR count). The molecule has 1 aromatic heterocycles. The van der Waals surface area contributed by atoms with E-state index in [2.05, 4.69) is 10.2 Å². The molecular weight excluding hydrogens is 271 g/mol. The van der Waals surface area contributed by atoms with Crippen molar-refractivity contribution >= 4 is 15.7 Å². The zero-order valence-corrected chi connectivity index (χ0v) is 9.43. The van der Waals surface area contributed by atoms with Gasteiger partial charge in [-0.1, -0.05) is 0 Å². The van der Waals surface area contributed by atoms with Crippen LogP contribution in [0.1, 0.15) is 0 Å². The average molecular weight is 277 g/mol. The highest BCUT2D eigenvalue weighted by Gasteiger charge is 2.18. The van der Waals surface area contributed by atoms with Crippen molar-refractivity contribution in [2.45, 2.75) is 4.90 Å². The monoisotopic (exact) mass is 277 g/mol. The maximum Gasteiger partial charge on any atom is 0.265 e. The molecule has 0 aliphatic rings. The first kappa shape index (κ1) is 12.4. The van der Waals surface area contributed by atoms with Gasteiger partial charge in [0.25, 0.3) is 10.0 Å². The van der Waals surface area contributed by atoms with Gasteiger partial charge in [-0.15, -0.1) is 0 Å². The lowest BCUT2D eigenvalue weighted by Crippen LogP contribution is -2.13. The first-order valence-electron chi connectivity index (χ1n) is 4.56. The summed E-state index contributed by atoms with van der Waals surface area (Å²) in [6, 6.07) is 1.08. The van der Waals surface area contributed by atoms with Crippen molar-refractivity contribution in [1.29, 1.82) is 0 Å². The maximum atomic E-state index is 12.9. The van der Waals surface area contributed by atoms with E-state index in [9.17, 15) is 21.6 Å². The number of nitrogens with one attached hydrogen (secondary N) is 2. The van der Waals surface area contributed by atoms with Crippen molar-refractivity contribution in [1.82, 2.24) is 10.2 Å². The Morgan fingerprint density at radius 1 is 1.17 bits per heavy atom. The second kappa shape index (κ2) is 4.33. The summed E-state index contributed by atoms with van der Waals surface area (Å²) < 4.78 is 63.7. The topological polar surface area (TPSA) is 74.8 Å². The Morgan fingerprint density at radius 2 is 1.78 bits per heavy atom. The summed E-state index contributed by atoms with van der Waals surface area (Å²) in [7, 11) is -4.02. The van der Waals surface area contributed by atoms with E-state index in [0.29, 0.717) is 12.1 Å². The van der Waals surface area contributed by atoms with Crippen LogP contribution in [0.25, 0.3) is 0 Å². The highest BCUT2D eigenvalue weighted by atomic mass is 32.2. The number of rotatable bonds is 3. The SMILES string of the molecule is O=S(=O)(Nc1cc(F)c(F)c(F)c1)c1cn[nH]c1. The fourth-order valence-corrected chi connectivity index (χ4v) is 2.16. The molecule has 0 aliphatic heterocycles. The molecule has 0 bridgehead atoms. The number of nitrogens with zero attached hydrogens (tertiary/aromatic N) is 1. The molecule has 0 aliphatic carbocycles. The van der Waals surface area contributed by atoms with E-state index in [-0.39, 0.29) is 4.90 Å². The van der Waals surface area contributed by atoms with Gasteiger partial charge in [0.15, 0.2) is 17.5 Å². The summed E-state index contributed by atoms with van der Waals surface area (Å²) in [4.78, 5) is -0.215. The fourth-order valence-electron chi connectivity index (χ4n) is 1.21. The number of hydrogen-bond donors (Lipinski definition) is 2. The molecule has 1 heterocycles. The number of aromatic amines is 1. The average Bonchev–Trinajstić information content (AvgIpc) is 2.79. The molecule has 0 radical (unpaired) electrons. The summed E-state index contributed by atoms with van der Waals surface area (Å²) in [5.74, 6) is -4.64. The number of halogens is 3. The number of benzene rings is 1. The first-order chi connectivity index (χ1) is 8.40. The van der Waals surface area contributed by atoms with Crippen LogP contribution in [0, 0.1) is 17.5 Å². The quantitative estimate of drug-likeness (QED) is 0.837. The van der Waals surface area contributed by atoms with Gasteiger partial charge in [-0.25, -0.2) is 21.6 Å². The van der Waals surface area contributed by atoms with Gasteiger partial charge in [-0.2, -0.15) is 5.10 Å². The van der Waals surface area contributed by atoms with Gasteiger partial charge >= 0.3 is 0 Å². The van der Waals surface area contributed by atoms with Crippen molar-refractivity contribution in [2.75, 3.05) is 4.72 Å². The summed E-state index contributed by atoms with van der Waals surface area (Å²) in [6.07, 6.45) is 2.09. The first-order valence-corrected chi connectivity index (χ1v) is 6.04. The van der Waals surface area contributed by atoms with Crippen molar-refractivity contribution in [3.05, 3.63) is 42.0 Å². The number of H-pyrrole nitrogens is 1. The Hall–Kier alpha value is -2.03. The Kier molecular flexibility index (Phi) is 2.99. The van der Waals surface area contributed by atoms with Crippen molar-refractivity contribution in [2.24, 2.45) is 0 Å². The number of aromatic nitrogens is 2. The lowest BCUT2D eigenvalue weighted by Gasteiger charge is -2.06.